The predicted octanol–water partition coefficient (Wildman–Crippen LogP) is 21.8. The van der Waals surface area contributed by atoms with Crippen LogP contribution in [-0.2, 0) is 5.54 Å². The van der Waals surface area contributed by atoms with Crippen molar-refractivity contribution in [2.45, 2.75) is 12.0 Å². The van der Waals surface area contributed by atoms with Crippen molar-refractivity contribution in [1.82, 2.24) is 0 Å². The van der Waals surface area contributed by atoms with E-state index in [1.54, 1.807) is 0 Å². The molecule has 0 aromatic heterocycles. The third kappa shape index (κ3) is 11.7. The highest BCUT2D eigenvalue weighted by molar-refractivity contribution is 5.90. The second kappa shape index (κ2) is 25.1. The van der Waals surface area contributed by atoms with E-state index in [9.17, 15) is 0 Å². The van der Waals surface area contributed by atoms with Crippen LogP contribution < -0.4 is 29.8 Å². The van der Waals surface area contributed by atoms with Gasteiger partial charge in [-0.05, 0) is 169 Å². The Morgan fingerprint density at radius 3 is 1.03 bits per heavy atom. The van der Waals surface area contributed by atoms with E-state index in [0.717, 1.165) is 80.4 Å². The molecule has 13 rings (SSSR count). The summed E-state index contributed by atoms with van der Waals surface area (Å²) in [6.07, 6.45) is 4.45. The van der Waals surface area contributed by atoms with Crippen molar-refractivity contribution in [3.63, 3.8) is 0 Å². The fourth-order valence-corrected chi connectivity index (χ4v) is 11.7. The molecule has 0 fully saturated rings. The molecule has 0 heterocycles. The average Bonchev–Trinajstić information content (AvgIpc) is 0.903. The lowest BCUT2D eigenvalue weighted by Gasteiger charge is -2.43. The van der Waals surface area contributed by atoms with E-state index in [4.69, 9.17) is 0 Å². The fourth-order valence-electron chi connectivity index (χ4n) is 11.7. The molecular weight excluding hydrogens is 1100 g/mol. The molecule has 0 bridgehead atoms. The van der Waals surface area contributed by atoms with E-state index in [-0.39, 0.29) is 17.8 Å². The Kier molecular flexibility index (Phi) is 15.9. The summed E-state index contributed by atoms with van der Waals surface area (Å²) in [6.45, 7) is 0. The summed E-state index contributed by atoms with van der Waals surface area (Å²) in [4.78, 5) is 10.5. The Morgan fingerprint density at radius 1 is 0.284 bits per heavy atom. The van der Waals surface area contributed by atoms with Gasteiger partial charge in [-0.2, -0.15) is 0 Å². The minimum Gasteiger partial charge on any atom is -0.369 e. The van der Waals surface area contributed by atoms with Crippen molar-refractivity contribution in [2.75, 3.05) is 29.8 Å². The van der Waals surface area contributed by atoms with Gasteiger partial charge < -0.3 is 29.8 Å². The second-order valence-electron chi connectivity index (χ2n) is 21.3. The molecule has 0 aliphatic heterocycles. The highest BCUT2D eigenvalue weighted by Gasteiger charge is 2.40. The van der Waals surface area contributed by atoms with Crippen LogP contribution >= 0.6 is 0 Å². The van der Waals surface area contributed by atoms with E-state index >= 15 is 17.6 Å². The number of halogens is 4. The van der Waals surface area contributed by atoms with Crippen molar-refractivity contribution < 1.29 is 17.6 Å². The summed E-state index contributed by atoms with van der Waals surface area (Å²) in [7, 11) is 0. The minimum atomic E-state index is -1.40. The number of nitrogens with zero attached hydrogens (tertiary/aromatic N) is 5. The maximum absolute atomic E-state index is 17.5. The molecule has 0 amide bonds. The van der Waals surface area contributed by atoms with Crippen molar-refractivity contribution in [3.05, 3.63) is 374 Å². The van der Waals surface area contributed by atoms with Gasteiger partial charge in [0.05, 0.1) is 34.0 Å². The normalized spacial score (nSPS) is 13.6. The molecule has 0 radical (unpaired) electrons. The van der Waals surface area contributed by atoms with Gasteiger partial charge in [0.1, 0.15) is 23.3 Å². The van der Waals surface area contributed by atoms with Crippen LogP contribution in [0.15, 0.2) is 345 Å². The van der Waals surface area contributed by atoms with E-state index in [0.29, 0.717) is 16.9 Å². The summed E-state index contributed by atoms with van der Waals surface area (Å²) in [5, 5.41) is 3.70. The molecule has 1 atom stereocenters. The summed E-state index contributed by atoms with van der Waals surface area (Å²) in [5.74, 6) is -3.07. The summed E-state index contributed by atoms with van der Waals surface area (Å²) < 4.78 is 64.9. The van der Waals surface area contributed by atoms with Crippen molar-refractivity contribution in [3.8, 4) is 0 Å². The molecule has 1 aliphatic carbocycles. The van der Waals surface area contributed by atoms with Crippen molar-refractivity contribution in [2.24, 2.45) is 0 Å². The van der Waals surface area contributed by atoms with Crippen LogP contribution in [0, 0.1) is 23.3 Å². The first-order valence-electron chi connectivity index (χ1n) is 29.0. The number of allylic oxidation sites excluding steroid dienone is 1. The smallest absolute Gasteiger partial charge is 0.150 e. The van der Waals surface area contributed by atoms with Crippen LogP contribution in [0.25, 0.3) is 0 Å². The van der Waals surface area contributed by atoms with Gasteiger partial charge in [-0.25, -0.2) is 17.6 Å². The van der Waals surface area contributed by atoms with Crippen LogP contribution in [-0.4, -0.2) is 0 Å². The zero-order chi connectivity index (χ0) is 59.8. The predicted molar refractivity (Wildman–Crippen MR) is 353 cm³/mol. The van der Waals surface area contributed by atoms with E-state index in [1.165, 1.54) is 24.3 Å². The monoisotopic (exact) mass is 1150 g/mol. The number of para-hydroxylation sites is 8. The highest BCUT2D eigenvalue weighted by Crippen LogP contribution is 2.50. The zero-order valence-electron chi connectivity index (χ0n) is 47.7. The maximum atomic E-state index is 17.5. The van der Waals surface area contributed by atoms with Gasteiger partial charge in [-0.15, -0.1) is 0 Å². The van der Waals surface area contributed by atoms with E-state index < -0.39 is 28.8 Å². The molecule has 428 valence electrons. The van der Waals surface area contributed by atoms with Gasteiger partial charge in [0.2, 0.25) is 0 Å². The molecule has 12 aromatic rings. The molecule has 12 aromatic carbocycles. The first-order valence-corrected chi connectivity index (χ1v) is 29.0. The molecule has 1 unspecified atom stereocenters. The lowest BCUT2D eigenvalue weighted by Crippen LogP contribution is -2.40. The summed E-state index contributed by atoms with van der Waals surface area (Å²) in [5.41, 5.74) is 10.3. The Balaban J connectivity index is 1.09. The van der Waals surface area contributed by atoms with Gasteiger partial charge >= 0.3 is 0 Å². The number of hydrogen-bond donors (Lipinski definition) is 1. The fraction of sp³-hybridized carbons (Fsp3) is 0.0256. The van der Waals surface area contributed by atoms with Crippen molar-refractivity contribution in [1.29, 1.82) is 0 Å². The Labute approximate surface area is 510 Å². The Bertz CT molecular complexity index is 4130. The second-order valence-corrected chi connectivity index (χ2v) is 21.3. The maximum Gasteiger partial charge on any atom is 0.150 e. The molecule has 10 heteroatoms. The molecule has 0 spiro atoms. The van der Waals surface area contributed by atoms with E-state index in [1.807, 2.05) is 260 Å². The molecule has 1 aliphatic rings. The van der Waals surface area contributed by atoms with Gasteiger partial charge in [0.15, 0.2) is 0 Å². The van der Waals surface area contributed by atoms with Crippen LogP contribution in [0.1, 0.15) is 12.0 Å². The number of rotatable bonds is 18. The topological polar surface area (TPSA) is 28.2 Å². The van der Waals surface area contributed by atoms with Crippen LogP contribution in [0.3, 0.4) is 0 Å². The number of benzene rings is 12. The van der Waals surface area contributed by atoms with Gasteiger partial charge in [-0.1, -0.05) is 158 Å². The number of anilines is 14. The molecule has 88 heavy (non-hydrogen) atoms. The Hall–Kier alpha value is -11.4. The lowest BCUT2D eigenvalue weighted by atomic mass is 9.79. The Morgan fingerprint density at radius 2 is 0.636 bits per heavy atom. The standard InChI is InChI=1S/C78H58F4N6/c79-58-44-46-76(74(81)49-58)83-78(55-72(86(64-35-17-5-18-36-64)65-37-19-6-20-38-65)54-73(56-78)87(66-39-21-7-22-40-66)67-41-23-8-24-42-67)57-26-25-43-68(48-57)88(77-47-45-59(80)50-75(77)82)71-52-69(84(60-27-9-1-10-28-60)61-29-11-2-12-30-61)51-70(53-71)85(62-31-13-3-14-32-62)63-33-15-4-16-34-63/h1-55,83H,56H2. The van der Waals surface area contributed by atoms with Crippen LogP contribution in [0.4, 0.5) is 97.2 Å². The van der Waals surface area contributed by atoms with Gasteiger partial charge in [-0.3, -0.25) is 0 Å². The summed E-state index contributed by atoms with van der Waals surface area (Å²) >= 11 is 0. The third-order valence-electron chi connectivity index (χ3n) is 15.6. The van der Waals surface area contributed by atoms with Crippen LogP contribution in [0.2, 0.25) is 0 Å². The van der Waals surface area contributed by atoms with Crippen molar-refractivity contribution >= 4 is 79.6 Å². The van der Waals surface area contributed by atoms with Crippen LogP contribution in [0.5, 0.6) is 0 Å². The lowest BCUT2D eigenvalue weighted by molar-refractivity contribution is 0.558. The first kappa shape index (κ1) is 55.8. The van der Waals surface area contributed by atoms with E-state index in [2.05, 4.69) is 67.4 Å². The van der Waals surface area contributed by atoms with Gasteiger partial charge in [0, 0.05) is 81.1 Å². The zero-order valence-corrected chi connectivity index (χ0v) is 47.7. The molecule has 0 saturated heterocycles. The molecular formula is C78H58F4N6. The molecule has 0 saturated carbocycles. The number of nitrogens with one attached hydrogen (secondary N) is 1. The SMILES string of the molecule is Fc1ccc(NC2(c3cccc(N(c4cc(N(c5ccccc5)c5ccccc5)cc(N(c5ccccc5)c5ccccc5)c4)c4ccc(F)cc4F)c3)C=C(N(c3ccccc3)c3ccccc3)C=C(N(c3ccccc3)c3ccccc3)C2)c(F)c1. The largest absolute Gasteiger partial charge is 0.369 e. The third-order valence-corrected chi connectivity index (χ3v) is 15.6. The minimum absolute atomic E-state index is 0.0446. The summed E-state index contributed by atoms with van der Waals surface area (Å²) in [6, 6.07) is 102. The molecule has 1 N–H and O–H groups in total. The number of hydrogen-bond acceptors (Lipinski definition) is 6. The molecule has 6 nitrogen and oxygen atoms in total. The highest BCUT2D eigenvalue weighted by atomic mass is 19.1. The first-order chi connectivity index (χ1) is 43.2. The quantitative estimate of drug-likeness (QED) is 0.0861. The van der Waals surface area contributed by atoms with Gasteiger partial charge in [0.25, 0.3) is 0 Å². The average molecular weight is 1160 g/mol.